The molecule has 0 bridgehead atoms. The lowest BCUT2D eigenvalue weighted by molar-refractivity contribution is -0.131. The second-order valence-electron chi connectivity index (χ2n) is 16.0. The van der Waals surface area contributed by atoms with Crippen LogP contribution in [-0.4, -0.2) is 124 Å². The number of aromatic nitrogens is 3. The average molecular weight is 809 g/mol. The second kappa shape index (κ2) is 15.4. The van der Waals surface area contributed by atoms with E-state index in [0.717, 1.165) is 111 Å². The summed E-state index contributed by atoms with van der Waals surface area (Å²) < 4.78 is 1.72. The van der Waals surface area contributed by atoms with Crippen LogP contribution in [-0.2, 0) is 16.6 Å². The molecule has 4 fully saturated rings. The molecule has 4 amide bonds. The Balaban J connectivity index is 0.797. The molecule has 3 N–H and O–H groups in total. The lowest BCUT2D eigenvalue weighted by Crippen LogP contribution is -2.53. The van der Waals surface area contributed by atoms with E-state index in [4.69, 9.17) is 21.6 Å². The van der Waals surface area contributed by atoms with Crippen LogP contribution in [0.5, 0.6) is 0 Å². The Morgan fingerprint density at radius 1 is 0.931 bits per heavy atom. The number of allylic oxidation sites excluding steroid dienone is 1. The number of piperidine rings is 1. The molecule has 5 aliphatic heterocycles. The smallest absolute Gasteiger partial charge is 0.329 e. The Morgan fingerprint density at radius 3 is 2.38 bits per heavy atom. The molecule has 304 valence electrons. The summed E-state index contributed by atoms with van der Waals surface area (Å²) in [5.74, 6) is 1.12. The number of fused-ring (bicyclic) bond motifs is 2. The standard InChI is InChI=1S/C41H49ClN12O4/c1-24-30-23-44-40(47-37(30)54(27-6-4-5-7-27)39(57)34(24)25(2)55)45-32-11-8-28(22-43-32)50-15-12-26(13-16-50)51-18-20-52(21-19-51)31-10-9-29-36(35(31)42)49(3)48-38(29)53-17-14-33(56)46-41(53)58/h8-11,22-23,26-27,37,55H,4-7,12-21H2,1-3H3,(H,43,45,47)(H,46,56,58)/b34-25+. The fraction of sp³-hybridized carbons (Fsp3) is 0.488. The van der Waals surface area contributed by atoms with Crippen LogP contribution >= 0.6 is 11.6 Å². The molecular weight excluding hydrogens is 760 g/mol. The van der Waals surface area contributed by atoms with E-state index < -0.39 is 12.2 Å². The van der Waals surface area contributed by atoms with Crippen LogP contribution in [0.4, 0.5) is 27.8 Å². The molecule has 3 saturated heterocycles. The van der Waals surface area contributed by atoms with Crippen LogP contribution in [0.15, 0.2) is 62.9 Å². The number of benzene rings is 1. The van der Waals surface area contributed by atoms with Crippen LogP contribution in [0.2, 0.25) is 5.02 Å². The Morgan fingerprint density at radius 2 is 1.69 bits per heavy atom. The average Bonchev–Trinajstić information content (AvgIpc) is 3.87. The normalized spacial score (nSPS) is 23.6. The number of nitrogens with one attached hydrogen (secondary N) is 2. The summed E-state index contributed by atoms with van der Waals surface area (Å²) in [6.07, 6.45) is 9.52. The molecule has 1 saturated carbocycles. The van der Waals surface area contributed by atoms with Crippen molar-refractivity contribution in [1.82, 2.24) is 29.9 Å². The number of aliphatic hydroxyl groups is 1. The molecule has 7 heterocycles. The SMILES string of the molecule is CC1=C2C=NC(Nc3ccc(N4CCC(N5CCN(c6ccc7c(N8CCC(=O)NC8=O)nn(C)c7c6Cl)CC5)CC4)cn3)=NC2N(C2CCCC2)C(=O)/C1=C(\C)O. The number of guanidine groups is 1. The van der Waals surface area contributed by atoms with Gasteiger partial charge in [-0.25, -0.2) is 19.8 Å². The Labute approximate surface area is 341 Å². The number of aliphatic imine (C=N–C) groups is 2. The van der Waals surface area contributed by atoms with Gasteiger partial charge in [-0.15, -0.1) is 0 Å². The third kappa shape index (κ3) is 6.85. The van der Waals surface area contributed by atoms with E-state index in [1.165, 1.54) is 4.90 Å². The fourth-order valence-corrected chi connectivity index (χ4v) is 9.99. The zero-order chi connectivity index (χ0) is 40.2. The van der Waals surface area contributed by atoms with Gasteiger partial charge in [0, 0.05) is 88.5 Å². The Bertz CT molecular complexity index is 2270. The van der Waals surface area contributed by atoms with E-state index in [9.17, 15) is 19.5 Å². The van der Waals surface area contributed by atoms with Gasteiger partial charge >= 0.3 is 6.03 Å². The fourth-order valence-electron chi connectivity index (χ4n) is 9.59. The first-order valence-corrected chi connectivity index (χ1v) is 20.7. The lowest BCUT2D eigenvalue weighted by Gasteiger charge is -2.44. The summed E-state index contributed by atoms with van der Waals surface area (Å²) in [5, 5.41) is 22.1. The number of halogens is 1. The first kappa shape index (κ1) is 38.1. The number of amides is 4. The number of rotatable bonds is 6. The van der Waals surface area contributed by atoms with Crippen molar-refractivity contribution >= 4 is 75.5 Å². The van der Waals surface area contributed by atoms with Crippen molar-refractivity contribution in [2.24, 2.45) is 17.0 Å². The first-order valence-electron chi connectivity index (χ1n) is 20.3. The minimum Gasteiger partial charge on any atom is -0.512 e. The maximum atomic E-state index is 13.7. The first-order chi connectivity index (χ1) is 28.0. The Kier molecular flexibility index (Phi) is 10.1. The maximum absolute atomic E-state index is 13.7. The number of imide groups is 1. The topological polar surface area (TPSA) is 167 Å². The highest BCUT2D eigenvalue weighted by Gasteiger charge is 2.43. The summed E-state index contributed by atoms with van der Waals surface area (Å²) in [6.45, 7) is 9.17. The molecule has 9 rings (SSSR count). The predicted octanol–water partition coefficient (Wildman–Crippen LogP) is 4.97. The number of hydrogen-bond donors (Lipinski definition) is 3. The van der Waals surface area contributed by atoms with Crippen LogP contribution in [0.1, 0.15) is 58.8 Å². The molecule has 17 heteroatoms. The van der Waals surface area contributed by atoms with Crippen LogP contribution in [0.3, 0.4) is 0 Å². The third-order valence-electron chi connectivity index (χ3n) is 12.7. The zero-order valence-electron chi connectivity index (χ0n) is 33.1. The van der Waals surface area contributed by atoms with Crippen molar-refractivity contribution < 1.29 is 19.5 Å². The van der Waals surface area contributed by atoms with Gasteiger partial charge in [0.05, 0.1) is 33.7 Å². The molecule has 2 aromatic heterocycles. The molecule has 6 aliphatic rings. The molecule has 16 nitrogen and oxygen atoms in total. The van der Waals surface area contributed by atoms with Gasteiger partial charge in [-0.05, 0) is 69.4 Å². The summed E-state index contributed by atoms with van der Waals surface area (Å²) in [7, 11) is 1.83. The van der Waals surface area contributed by atoms with Gasteiger partial charge in [-0.3, -0.25) is 29.4 Å². The van der Waals surface area contributed by atoms with Gasteiger partial charge in [-0.2, -0.15) is 5.10 Å². The van der Waals surface area contributed by atoms with E-state index in [-0.39, 0.29) is 36.6 Å². The number of aryl methyl sites for hydroxylation is 1. The van der Waals surface area contributed by atoms with Crippen LogP contribution < -0.4 is 25.3 Å². The van der Waals surface area contributed by atoms with E-state index in [1.54, 1.807) is 17.8 Å². The quantitative estimate of drug-likeness (QED) is 0.229. The van der Waals surface area contributed by atoms with Crippen LogP contribution in [0.25, 0.3) is 10.9 Å². The highest BCUT2D eigenvalue weighted by atomic mass is 35.5. The monoisotopic (exact) mass is 808 g/mol. The zero-order valence-corrected chi connectivity index (χ0v) is 33.9. The molecule has 0 radical (unpaired) electrons. The van der Waals surface area contributed by atoms with E-state index in [1.807, 2.05) is 43.3 Å². The summed E-state index contributed by atoms with van der Waals surface area (Å²) in [4.78, 5) is 62.8. The van der Waals surface area contributed by atoms with Gasteiger partial charge in [-0.1, -0.05) is 24.4 Å². The van der Waals surface area contributed by atoms with Crippen molar-refractivity contribution in [3.8, 4) is 0 Å². The predicted molar refractivity (Wildman–Crippen MR) is 225 cm³/mol. The highest BCUT2D eigenvalue weighted by Crippen LogP contribution is 2.40. The minimum atomic E-state index is -0.489. The van der Waals surface area contributed by atoms with Crippen molar-refractivity contribution in [2.75, 3.05) is 65.8 Å². The Hall–Kier alpha value is -5.48. The molecule has 58 heavy (non-hydrogen) atoms. The van der Waals surface area contributed by atoms with E-state index in [0.29, 0.717) is 34.2 Å². The van der Waals surface area contributed by atoms with Crippen molar-refractivity contribution in [1.29, 1.82) is 0 Å². The van der Waals surface area contributed by atoms with Gasteiger partial charge in [0.15, 0.2) is 12.0 Å². The number of pyridine rings is 1. The molecule has 1 aromatic carbocycles. The van der Waals surface area contributed by atoms with Crippen molar-refractivity contribution in [3.63, 3.8) is 0 Å². The molecule has 0 spiro atoms. The van der Waals surface area contributed by atoms with E-state index in [2.05, 4.69) is 41.5 Å². The van der Waals surface area contributed by atoms with Gasteiger partial charge in [0.1, 0.15) is 11.6 Å². The van der Waals surface area contributed by atoms with E-state index >= 15 is 0 Å². The summed E-state index contributed by atoms with van der Waals surface area (Å²) >= 11 is 7.05. The largest absolute Gasteiger partial charge is 0.512 e. The molecule has 3 aromatic rings. The minimum absolute atomic E-state index is 0.0246. The molecule has 1 atom stereocenters. The molecular formula is C41H49ClN12O4. The number of piperazine rings is 1. The van der Waals surface area contributed by atoms with Crippen LogP contribution in [0, 0.1) is 0 Å². The number of carbonyl (C=O) groups excluding carboxylic acids is 3. The molecule has 1 aliphatic carbocycles. The number of urea groups is 1. The second-order valence-corrected chi connectivity index (χ2v) is 16.4. The van der Waals surface area contributed by atoms with Gasteiger partial charge in [0.2, 0.25) is 11.9 Å². The van der Waals surface area contributed by atoms with Crippen molar-refractivity contribution in [3.05, 3.63) is 58.0 Å². The molecule has 1 unspecified atom stereocenters. The van der Waals surface area contributed by atoms with Gasteiger partial charge < -0.3 is 25.1 Å². The number of hydrogen-bond acceptors (Lipinski definition) is 12. The number of aliphatic hydroxyl groups excluding tert-OH is 1. The maximum Gasteiger partial charge on any atom is 0.329 e. The lowest BCUT2D eigenvalue weighted by atomic mass is 9.91. The number of anilines is 4. The highest BCUT2D eigenvalue weighted by molar-refractivity contribution is 6.38. The third-order valence-corrected chi connectivity index (χ3v) is 13.0. The van der Waals surface area contributed by atoms with Crippen molar-refractivity contribution in [2.45, 2.75) is 77.0 Å². The summed E-state index contributed by atoms with van der Waals surface area (Å²) in [5.41, 5.74) is 4.71. The summed E-state index contributed by atoms with van der Waals surface area (Å²) in [6, 6.07) is 8.15. The van der Waals surface area contributed by atoms with Gasteiger partial charge in [0.25, 0.3) is 5.91 Å². The number of nitrogens with zero attached hydrogens (tertiary/aromatic N) is 10. The number of carbonyl (C=O) groups is 3.